The lowest BCUT2D eigenvalue weighted by atomic mass is 10.1. The number of fused-ring (bicyclic) bond motifs is 1. The lowest BCUT2D eigenvalue weighted by molar-refractivity contribution is 0.365. The molecule has 3 rings (SSSR count). The van der Waals surface area contributed by atoms with Crippen LogP contribution in [0.25, 0.3) is 10.9 Å². The van der Waals surface area contributed by atoms with Crippen LogP contribution in [0.15, 0.2) is 42.6 Å². The lowest BCUT2D eigenvalue weighted by Gasteiger charge is -2.10. The topological polar surface area (TPSA) is 88.5 Å². The van der Waals surface area contributed by atoms with E-state index >= 15 is 0 Å². The summed E-state index contributed by atoms with van der Waals surface area (Å²) in [4.78, 5) is 3.11. The van der Waals surface area contributed by atoms with E-state index in [9.17, 15) is 15.3 Å². The van der Waals surface area contributed by atoms with E-state index in [1.165, 1.54) is 6.07 Å². The summed E-state index contributed by atoms with van der Waals surface area (Å²) in [5.74, 6) is -1.13. The Labute approximate surface area is 115 Å². The Balaban J connectivity index is 1.80. The molecule has 1 heterocycles. The first-order chi connectivity index (χ1) is 9.65. The molecular formula is C15H14N2O3. The van der Waals surface area contributed by atoms with Gasteiger partial charge in [-0.3, -0.25) is 0 Å². The summed E-state index contributed by atoms with van der Waals surface area (Å²) in [5.41, 5.74) is 2.47. The minimum atomic E-state index is -0.495. The molecule has 0 aliphatic carbocycles. The average molecular weight is 270 g/mol. The number of phenolic OH excluding ortho intramolecular Hbond substituents is 3. The minimum Gasteiger partial charge on any atom is -0.504 e. The van der Waals surface area contributed by atoms with Gasteiger partial charge in [0.1, 0.15) is 0 Å². The normalized spacial score (nSPS) is 10.8. The van der Waals surface area contributed by atoms with Crippen LogP contribution in [0.5, 0.6) is 17.2 Å². The standard InChI is InChI=1S/C15H14N2O3/c18-13-4-1-10(14(19)15(13)20)8-17-11-2-3-12-9(7-11)5-6-16-12/h1-7,16-20H,8H2. The second-order valence-corrected chi connectivity index (χ2v) is 4.57. The quantitative estimate of drug-likeness (QED) is 0.473. The molecule has 0 bridgehead atoms. The van der Waals surface area contributed by atoms with Crippen molar-refractivity contribution < 1.29 is 15.3 Å². The Morgan fingerprint density at radius 2 is 1.80 bits per heavy atom. The zero-order valence-electron chi connectivity index (χ0n) is 10.6. The number of phenols is 3. The highest BCUT2D eigenvalue weighted by Gasteiger charge is 2.10. The van der Waals surface area contributed by atoms with E-state index in [1.54, 1.807) is 6.07 Å². The van der Waals surface area contributed by atoms with Gasteiger partial charge in [-0.05, 0) is 36.4 Å². The van der Waals surface area contributed by atoms with E-state index in [2.05, 4.69) is 10.3 Å². The first-order valence-corrected chi connectivity index (χ1v) is 6.19. The Bertz CT molecular complexity index is 765. The number of rotatable bonds is 3. The Morgan fingerprint density at radius 1 is 0.950 bits per heavy atom. The first kappa shape index (κ1) is 12.2. The van der Waals surface area contributed by atoms with Gasteiger partial charge in [0, 0.05) is 34.9 Å². The van der Waals surface area contributed by atoms with Crippen molar-refractivity contribution in [2.45, 2.75) is 6.54 Å². The first-order valence-electron chi connectivity index (χ1n) is 6.19. The Morgan fingerprint density at radius 3 is 2.65 bits per heavy atom. The molecule has 2 aromatic carbocycles. The van der Waals surface area contributed by atoms with E-state index in [0.717, 1.165) is 16.6 Å². The summed E-state index contributed by atoms with van der Waals surface area (Å²) < 4.78 is 0. The molecule has 0 saturated heterocycles. The van der Waals surface area contributed by atoms with Crippen LogP contribution in [-0.2, 0) is 6.54 Å². The number of nitrogens with one attached hydrogen (secondary N) is 2. The third-order valence-electron chi connectivity index (χ3n) is 3.25. The lowest BCUT2D eigenvalue weighted by Crippen LogP contribution is -1.99. The van der Waals surface area contributed by atoms with E-state index in [4.69, 9.17) is 0 Å². The maximum Gasteiger partial charge on any atom is 0.200 e. The zero-order chi connectivity index (χ0) is 14.1. The van der Waals surface area contributed by atoms with Gasteiger partial charge < -0.3 is 25.6 Å². The van der Waals surface area contributed by atoms with Gasteiger partial charge in [0.2, 0.25) is 5.75 Å². The van der Waals surface area contributed by atoms with E-state index in [-0.39, 0.29) is 11.5 Å². The highest BCUT2D eigenvalue weighted by Crippen LogP contribution is 2.37. The number of aromatic amines is 1. The van der Waals surface area contributed by atoms with Crippen molar-refractivity contribution >= 4 is 16.6 Å². The molecule has 5 heteroatoms. The smallest absolute Gasteiger partial charge is 0.200 e. The fourth-order valence-corrected chi connectivity index (χ4v) is 2.11. The van der Waals surface area contributed by atoms with E-state index < -0.39 is 5.75 Å². The van der Waals surface area contributed by atoms with E-state index in [1.807, 2.05) is 30.5 Å². The van der Waals surface area contributed by atoms with Crippen LogP contribution in [0.3, 0.4) is 0 Å². The average Bonchev–Trinajstić information content (AvgIpc) is 2.91. The minimum absolute atomic E-state index is 0.305. The number of hydrogen-bond acceptors (Lipinski definition) is 4. The molecule has 0 amide bonds. The molecule has 0 saturated carbocycles. The number of aromatic nitrogens is 1. The third-order valence-corrected chi connectivity index (χ3v) is 3.25. The van der Waals surface area contributed by atoms with Gasteiger partial charge in [0.15, 0.2) is 11.5 Å². The summed E-state index contributed by atoms with van der Waals surface area (Å²) in [6.07, 6.45) is 1.87. The monoisotopic (exact) mass is 270 g/mol. The van der Waals surface area contributed by atoms with E-state index in [0.29, 0.717) is 12.1 Å². The second-order valence-electron chi connectivity index (χ2n) is 4.57. The van der Waals surface area contributed by atoms with Crippen LogP contribution in [-0.4, -0.2) is 20.3 Å². The molecule has 1 aromatic heterocycles. The molecular weight excluding hydrogens is 256 g/mol. The van der Waals surface area contributed by atoms with Crippen molar-refractivity contribution in [3.05, 3.63) is 48.2 Å². The predicted octanol–water partition coefficient (Wildman–Crippen LogP) is 2.90. The largest absolute Gasteiger partial charge is 0.504 e. The number of H-pyrrole nitrogens is 1. The number of benzene rings is 2. The predicted molar refractivity (Wildman–Crippen MR) is 77.1 cm³/mol. The molecule has 5 nitrogen and oxygen atoms in total. The summed E-state index contributed by atoms with van der Waals surface area (Å²) in [6, 6.07) is 10.8. The van der Waals surface area contributed by atoms with Gasteiger partial charge in [-0.1, -0.05) is 0 Å². The van der Waals surface area contributed by atoms with Crippen molar-refractivity contribution in [2.24, 2.45) is 0 Å². The van der Waals surface area contributed by atoms with Crippen molar-refractivity contribution in [3.8, 4) is 17.2 Å². The van der Waals surface area contributed by atoms with Crippen LogP contribution < -0.4 is 5.32 Å². The molecule has 20 heavy (non-hydrogen) atoms. The number of hydrogen-bond donors (Lipinski definition) is 5. The van der Waals surface area contributed by atoms with Gasteiger partial charge in [0.25, 0.3) is 0 Å². The summed E-state index contributed by atoms with van der Waals surface area (Å²) >= 11 is 0. The van der Waals surface area contributed by atoms with Crippen LogP contribution >= 0.6 is 0 Å². The van der Waals surface area contributed by atoms with Crippen LogP contribution in [0, 0.1) is 0 Å². The molecule has 0 spiro atoms. The summed E-state index contributed by atoms with van der Waals surface area (Å²) in [5, 5.41) is 32.7. The highest BCUT2D eigenvalue weighted by molar-refractivity contribution is 5.82. The van der Waals surface area contributed by atoms with Crippen LogP contribution in [0.4, 0.5) is 5.69 Å². The molecule has 0 aliphatic rings. The molecule has 5 N–H and O–H groups in total. The fraction of sp³-hybridized carbons (Fsp3) is 0.0667. The SMILES string of the molecule is Oc1ccc(CNc2ccc3[nH]ccc3c2)c(O)c1O. The maximum absolute atomic E-state index is 9.74. The molecule has 0 unspecified atom stereocenters. The molecule has 0 fully saturated rings. The van der Waals surface area contributed by atoms with Gasteiger partial charge in [-0.15, -0.1) is 0 Å². The number of aromatic hydroxyl groups is 3. The fourth-order valence-electron chi connectivity index (χ4n) is 2.11. The van der Waals surface area contributed by atoms with Gasteiger partial charge in [-0.25, -0.2) is 0 Å². The van der Waals surface area contributed by atoms with Gasteiger partial charge in [-0.2, -0.15) is 0 Å². The van der Waals surface area contributed by atoms with Gasteiger partial charge in [0.05, 0.1) is 0 Å². The molecule has 0 radical (unpaired) electrons. The molecule has 0 aliphatic heterocycles. The maximum atomic E-state index is 9.74. The number of anilines is 1. The molecule has 102 valence electrons. The second kappa shape index (κ2) is 4.70. The van der Waals surface area contributed by atoms with Crippen LogP contribution in [0.1, 0.15) is 5.56 Å². The Kier molecular flexibility index (Phi) is 2.87. The van der Waals surface area contributed by atoms with Gasteiger partial charge >= 0.3 is 0 Å². The van der Waals surface area contributed by atoms with Crippen LogP contribution in [0.2, 0.25) is 0 Å². The van der Waals surface area contributed by atoms with Crippen molar-refractivity contribution in [1.29, 1.82) is 0 Å². The summed E-state index contributed by atoms with van der Waals surface area (Å²) in [6.45, 7) is 0.343. The van der Waals surface area contributed by atoms with Crippen molar-refractivity contribution in [2.75, 3.05) is 5.32 Å². The third kappa shape index (κ3) is 2.09. The summed E-state index contributed by atoms with van der Waals surface area (Å²) in [7, 11) is 0. The molecule has 3 aromatic rings. The highest BCUT2D eigenvalue weighted by atomic mass is 16.3. The van der Waals surface area contributed by atoms with Crippen molar-refractivity contribution in [1.82, 2.24) is 4.98 Å². The zero-order valence-corrected chi connectivity index (χ0v) is 10.6. The molecule has 0 atom stereocenters. The Hall–Kier alpha value is -2.82. The van der Waals surface area contributed by atoms with Crippen molar-refractivity contribution in [3.63, 3.8) is 0 Å².